The van der Waals surface area contributed by atoms with Crippen molar-refractivity contribution in [2.45, 2.75) is 39.3 Å². The fourth-order valence-electron chi connectivity index (χ4n) is 2.34. The monoisotopic (exact) mass is 351 g/mol. The molecule has 0 aliphatic heterocycles. The Morgan fingerprint density at radius 3 is 2.61 bits per heavy atom. The van der Waals surface area contributed by atoms with Gasteiger partial charge in [-0.1, -0.05) is 55.1 Å². The van der Waals surface area contributed by atoms with Crippen LogP contribution in [0, 0.1) is 0 Å². The predicted octanol–water partition coefficient (Wildman–Crippen LogP) is 5.85. The molecular weight excluding hydrogens is 329 g/mol. The van der Waals surface area contributed by atoms with Gasteiger partial charge in [-0.25, -0.2) is 0 Å². The molecule has 1 N–H and O–H groups in total. The van der Waals surface area contributed by atoms with E-state index in [0.29, 0.717) is 6.61 Å². The highest BCUT2D eigenvalue weighted by atomic mass is 35.5. The van der Waals surface area contributed by atoms with E-state index in [1.54, 1.807) is 0 Å². The van der Waals surface area contributed by atoms with Crippen molar-refractivity contribution < 1.29 is 4.74 Å². The Morgan fingerprint density at radius 2 is 1.83 bits per heavy atom. The largest absolute Gasteiger partial charge is 0.489 e. The summed E-state index contributed by atoms with van der Waals surface area (Å²) in [6.45, 7) is 4.47. The Bertz CT molecular complexity index is 616. The van der Waals surface area contributed by atoms with Crippen molar-refractivity contribution in [1.29, 1.82) is 0 Å². The van der Waals surface area contributed by atoms with Crippen molar-refractivity contribution in [3.05, 3.63) is 63.6 Å². The standard InChI is InChI=1S/C19H23Cl2NO/c1-2-3-4-10-22-13-16-12-18(21)8-9-19(16)23-14-15-6-5-7-17(20)11-15/h5-9,11-12,22H,2-4,10,13-14H2,1H3. The molecule has 0 spiro atoms. The van der Waals surface area contributed by atoms with Crippen LogP contribution in [-0.4, -0.2) is 6.54 Å². The lowest BCUT2D eigenvalue weighted by Crippen LogP contribution is -2.15. The van der Waals surface area contributed by atoms with Gasteiger partial charge in [0.2, 0.25) is 0 Å². The van der Waals surface area contributed by atoms with Gasteiger partial charge in [0.25, 0.3) is 0 Å². The molecule has 0 saturated carbocycles. The van der Waals surface area contributed by atoms with Crippen LogP contribution < -0.4 is 10.1 Å². The third-order valence-corrected chi connectivity index (χ3v) is 4.05. The van der Waals surface area contributed by atoms with Gasteiger partial charge in [0, 0.05) is 22.2 Å². The minimum atomic E-state index is 0.491. The number of nitrogens with one attached hydrogen (secondary N) is 1. The minimum absolute atomic E-state index is 0.491. The Labute approximate surface area is 148 Å². The second-order valence-electron chi connectivity index (χ2n) is 5.55. The first kappa shape index (κ1) is 18.1. The number of rotatable bonds is 9. The van der Waals surface area contributed by atoms with Gasteiger partial charge in [0.1, 0.15) is 12.4 Å². The van der Waals surface area contributed by atoms with E-state index in [4.69, 9.17) is 27.9 Å². The maximum absolute atomic E-state index is 6.12. The summed E-state index contributed by atoms with van der Waals surface area (Å²) in [5.41, 5.74) is 2.13. The van der Waals surface area contributed by atoms with Crippen LogP contribution in [0.4, 0.5) is 0 Å². The van der Waals surface area contributed by atoms with Gasteiger partial charge in [-0.3, -0.25) is 0 Å². The quantitative estimate of drug-likeness (QED) is 0.572. The Hall–Kier alpha value is -1.22. The number of hydrogen-bond donors (Lipinski definition) is 1. The van der Waals surface area contributed by atoms with E-state index >= 15 is 0 Å². The van der Waals surface area contributed by atoms with Gasteiger partial charge in [-0.2, -0.15) is 0 Å². The molecule has 0 atom stereocenters. The fraction of sp³-hybridized carbons (Fsp3) is 0.368. The van der Waals surface area contributed by atoms with E-state index in [1.807, 2.05) is 42.5 Å². The van der Waals surface area contributed by atoms with Gasteiger partial charge < -0.3 is 10.1 Å². The third kappa shape index (κ3) is 6.42. The van der Waals surface area contributed by atoms with Crippen molar-refractivity contribution in [3.8, 4) is 5.75 Å². The summed E-state index contributed by atoms with van der Waals surface area (Å²) < 4.78 is 5.95. The normalized spacial score (nSPS) is 10.7. The van der Waals surface area contributed by atoms with Crippen LogP contribution in [0.15, 0.2) is 42.5 Å². The summed E-state index contributed by atoms with van der Waals surface area (Å²) in [5.74, 6) is 0.859. The number of hydrogen-bond acceptors (Lipinski definition) is 2. The SMILES string of the molecule is CCCCCNCc1cc(Cl)ccc1OCc1cccc(Cl)c1. The molecular formula is C19H23Cl2NO. The molecule has 0 amide bonds. The lowest BCUT2D eigenvalue weighted by molar-refractivity contribution is 0.302. The lowest BCUT2D eigenvalue weighted by atomic mass is 10.2. The van der Waals surface area contributed by atoms with Crippen LogP contribution in [-0.2, 0) is 13.2 Å². The average Bonchev–Trinajstić information content (AvgIpc) is 2.54. The van der Waals surface area contributed by atoms with E-state index < -0.39 is 0 Å². The summed E-state index contributed by atoms with van der Waals surface area (Å²) >= 11 is 12.1. The number of benzene rings is 2. The zero-order chi connectivity index (χ0) is 16.5. The van der Waals surface area contributed by atoms with Crippen LogP contribution in [0.25, 0.3) is 0 Å². The molecule has 0 radical (unpaired) electrons. The first-order chi connectivity index (χ1) is 11.2. The van der Waals surface area contributed by atoms with Crippen LogP contribution in [0.1, 0.15) is 37.3 Å². The highest BCUT2D eigenvalue weighted by Crippen LogP contribution is 2.24. The number of halogens is 2. The molecule has 4 heteroatoms. The minimum Gasteiger partial charge on any atom is -0.489 e. The van der Waals surface area contributed by atoms with E-state index in [0.717, 1.165) is 40.0 Å². The summed E-state index contributed by atoms with van der Waals surface area (Å²) in [7, 11) is 0. The summed E-state index contributed by atoms with van der Waals surface area (Å²) in [4.78, 5) is 0. The lowest BCUT2D eigenvalue weighted by Gasteiger charge is -2.13. The molecule has 0 bridgehead atoms. The molecule has 2 nitrogen and oxygen atoms in total. The zero-order valence-corrected chi connectivity index (χ0v) is 15.0. The zero-order valence-electron chi connectivity index (χ0n) is 13.4. The van der Waals surface area contributed by atoms with Crippen LogP contribution in [0.3, 0.4) is 0 Å². The first-order valence-corrected chi connectivity index (χ1v) is 8.81. The molecule has 2 aromatic carbocycles. The Morgan fingerprint density at radius 1 is 1.00 bits per heavy atom. The van der Waals surface area contributed by atoms with Gasteiger partial charge in [0.15, 0.2) is 0 Å². The maximum atomic E-state index is 6.12. The fourth-order valence-corrected chi connectivity index (χ4v) is 2.75. The van der Waals surface area contributed by atoms with Crippen molar-refractivity contribution in [2.75, 3.05) is 6.54 Å². The summed E-state index contributed by atoms with van der Waals surface area (Å²) in [6, 6.07) is 13.5. The van der Waals surface area contributed by atoms with Gasteiger partial charge in [-0.15, -0.1) is 0 Å². The van der Waals surface area contributed by atoms with E-state index in [1.165, 1.54) is 19.3 Å². The van der Waals surface area contributed by atoms with Crippen LogP contribution >= 0.6 is 23.2 Å². The number of ether oxygens (including phenoxy) is 1. The predicted molar refractivity (Wildman–Crippen MR) is 98.5 cm³/mol. The van der Waals surface area contributed by atoms with E-state index in [9.17, 15) is 0 Å². The Kier molecular flexibility index (Phi) is 7.73. The molecule has 0 aliphatic carbocycles. The van der Waals surface area contributed by atoms with Crippen molar-refractivity contribution in [1.82, 2.24) is 5.32 Å². The van der Waals surface area contributed by atoms with E-state index in [2.05, 4.69) is 12.2 Å². The van der Waals surface area contributed by atoms with Gasteiger partial charge in [-0.05, 0) is 48.9 Å². The van der Waals surface area contributed by atoms with E-state index in [-0.39, 0.29) is 0 Å². The number of unbranched alkanes of at least 4 members (excludes halogenated alkanes) is 2. The van der Waals surface area contributed by atoms with Gasteiger partial charge >= 0.3 is 0 Å². The van der Waals surface area contributed by atoms with Crippen LogP contribution in [0.5, 0.6) is 5.75 Å². The Balaban J connectivity index is 1.94. The molecule has 0 unspecified atom stereocenters. The molecule has 2 rings (SSSR count). The summed E-state index contributed by atoms with van der Waals surface area (Å²) in [6.07, 6.45) is 3.67. The van der Waals surface area contributed by atoms with Crippen molar-refractivity contribution >= 4 is 23.2 Å². The third-order valence-electron chi connectivity index (χ3n) is 3.58. The van der Waals surface area contributed by atoms with Crippen LogP contribution in [0.2, 0.25) is 10.0 Å². The van der Waals surface area contributed by atoms with Gasteiger partial charge in [0.05, 0.1) is 0 Å². The maximum Gasteiger partial charge on any atom is 0.124 e. The first-order valence-electron chi connectivity index (χ1n) is 8.05. The molecule has 23 heavy (non-hydrogen) atoms. The van der Waals surface area contributed by atoms with Crippen molar-refractivity contribution in [3.63, 3.8) is 0 Å². The molecule has 124 valence electrons. The highest BCUT2D eigenvalue weighted by Gasteiger charge is 2.06. The molecule has 0 aromatic heterocycles. The molecule has 0 heterocycles. The highest BCUT2D eigenvalue weighted by molar-refractivity contribution is 6.30. The molecule has 0 saturated heterocycles. The average molecular weight is 352 g/mol. The summed E-state index contributed by atoms with van der Waals surface area (Å²) in [5, 5.41) is 4.90. The van der Waals surface area contributed by atoms with Crippen molar-refractivity contribution in [2.24, 2.45) is 0 Å². The topological polar surface area (TPSA) is 21.3 Å². The molecule has 2 aromatic rings. The second kappa shape index (κ2) is 9.82. The second-order valence-corrected chi connectivity index (χ2v) is 6.43. The molecule has 0 aliphatic rings. The molecule has 0 fully saturated rings. The smallest absolute Gasteiger partial charge is 0.124 e.